The third-order valence-corrected chi connectivity index (χ3v) is 3.12. The predicted molar refractivity (Wildman–Crippen MR) is 71.1 cm³/mol. The molecule has 2 N–H and O–H groups in total. The summed E-state index contributed by atoms with van der Waals surface area (Å²) in [6, 6.07) is 11.9. The Kier molecular flexibility index (Phi) is 2.82. The lowest BCUT2D eigenvalue weighted by molar-refractivity contribution is 0.599. The van der Waals surface area contributed by atoms with E-state index < -0.39 is 0 Å². The van der Waals surface area contributed by atoms with Crippen LogP contribution in [0.25, 0.3) is 11.0 Å². The second kappa shape index (κ2) is 4.63. The van der Waals surface area contributed by atoms with Gasteiger partial charge in [0.1, 0.15) is 5.58 Å². The van der Waals surface area contributed by atoms with E-state index in [0.717, 1.165) is 23.0 Å². The van der Waals surface area contributed by atoms with E-state index in [1.165, 1.54) is 5.56 Å². The highest BCUT2D eigenvalue weighted by atomic mass is 16.3. The largest absolute Gasteiger partial charge is 0.464 e. The maximum atomic E-state index is 6.26. The SMILES string of the molecule is NC(Cc1ccncc1)c1coc2ccccc12. The van der Waals surface area contributed by atoms with Crippen molar-refractivity contribution < 1.29 is 4.42 Å². The molecule has 1 atom stereocenters. The van der Waals surface area contributed by atoms with Crippen molar-refractivity contribution in [2.24, 2.45) is 5.73 Å². The Morgan fingerprint density at radius 3 is 2.72 bits per heavy atom. The van der Waals surface area contributed by atoms with Gasteiger partial charge in [-0.2, -0.15) is 0 Å². The van der Waals surface area contributed by atoms with Crippen LogP contribution >= 0.6 is 0 Å². The van der Waals surface area contributed by atoms with E-state index in [9.17, 15) is 0 Å². The van der Waals surface area contributed by atoms with Crippen LogP contribution in [0.5, 0.6) is 0 Å². The van der Waals surface area contributed by atoms with Crippen molar-refractivity contribution >= 4 is 11.0 Å². The molecule has 0 aliphatic rings. The molecule has 0 spiro atoms. The van der Waals surface area contributed by atoms with Crippen LogP contribution in [0.2, 0.25) is 0 Å². The fraction of sp³-hybridized carbons (Fsp3) is 0.133. The monoisotopic (exact) mass is 238 g/mol. The molecule has 0 saturated carbocycles. The summed E-state index contributed by atoms with van der Waals surface area (Å²) >= 11 is 0. The van der Waals surface area contributed by atoms with Crippen molar-refractivity contribution in [3.8, 4) is 0 Å². The van der Waals surface area contributed by atoms with Gasteiger partial charge in [-0.15, -0.1) is 0 Å². The molecule has 0 aliphatic heterocycles. The van der Waals surface area contributed by atoms with E-state index in [1.54, 1.807) is 18.7 Å². The van der Waals surface area contributed by atoms with Crippen LogP contribution in [0.15, 0.2) is 59.5 Å². The van der Waals surface area contributed by atoms with Gasteiger partial charge >= 0.3 is 0 Å². The number of fused-ring (bicyclic) bond motifs is 1. The molecule has 0 aliphatic carbocycles. The second-order valence-corrected chi connectivity index (χ2v) is 4.35. The van der Waals surface area contributed by atoms with Gasteiger partial charge in [0.25, 0.3) is 0 Å². The number of para-hydroxylation sites is 1. The molecule has 3 nitrogen and oxygen atoms in total. The number of rotatable bonds is 3. The molecule has 18 heavy (non-hydrogen) atoms. The van der Waals surface area contributed by atoms with Crippen LogP contribution in [0.3, 0.4) is 0 Å². The van der Waals surface area contributed by atoms with Crippen LogP contribution in [-0.4, -0.2) is 4.98 Å². The maximum Gasteiger partial charge on any atom is 0.134 e. The van der Waals surface area contributed by atoms with E-state index in [2.05, 4.69) is 4.98 Å². The van der Waals surface area contributed by atoms with E-state index in [-0.39, 0.29) is 6.04 Å². The minimum Gasteiger partial charge on any atom is -0.464 e. The van der Waals surface area contributed by atoms with Crippen LogP contribution in [0, 0.1) is 0 Å². The Balaban J connectivity index is 1.90. The Labute approximate surface area is 105 Å². The molecule has 3 rings (SSSR count). The van der Waals surface area contributed by atoms with Crippen molar-refractivity contribution in [3.63, 3.8) is 0 Å². The van der Waals surface area contributed by atoms with Crippen molar-refractivity contribution in [1.82, 2.24) is 4.98 Å². The number of nitrogens with two attached hydrogens (primary N) is 1. The van der Waals surface area contributed by atoms with Crippen molar-refractivity contribution in [2.75, 3.05) is 0 Å². The third-order valence-electron chi connectivity index (χ3n) is 3.12. The van der Waals surface area contributed by atoms with Gasteiger partial charge in [0, 0.05) is 29.4 Å². The van der Waals surface area contributed by atoms with E-state index in [1.807, 2.05) is 36.4 Å². The van der Waals surface area contributed by atoms with Crippen molar-refractivity contribution in [3.05, 3.63) is 66.2 Å². The fourth-order valence-electron chi connectivity index (χ4n) is 2.17. The Morgan fingerprint density at radius 1 is 1.11 bits per heavy atom. The van der Waals surface area contributed by atoms with Crippen molar-refractivity contribution in [2.45, 2.75) is 12.5 Å². The minimum absolute atomic E-state index is 0.0592. The molecule has 0 radical (unpaired) electrons. The number of pyridine rings is 1. The molecule has 0 bridgehead atoms. The molecule has 1 aromatic carbocycles. The van der Waals surface area contributed by atoms with Crippen LogP contribution in [-0.2, 0) is 6.42 Å². The van der Waals surface area contributed by atoms with E-state index in [4.69, 9.17) is 10.2 Å². The van der Waals surface area contributed by atoms with Gasteiger partial charge in [-0.05, 0) is 30.2 Å². The molecular weight excluding hydrogens is 224 g/mol. The van der Waals surface area contributed by atoms with Gasteiger partial charge in [0.05, 0.1) is 6.26 Å². The first-order valence-electron chi connectivity index (χ1n) is 5.95. The second-order valence-electron chi connectivity index (χ2n) is 4.35. The van der Waals surface area contributed by atoms with Gasteiger partial charge in [0.2, 0.25) is 0 Å². The zero-order chi connectivity index (χ0) is 12.4. The van der Waals surface area contributed by atoms with Gasteiger partial charge in [0.15, 0.2) is 0 Å². The van der Waals surface area contributed by atoms with Gasteiger partial charge in [-0.25, -0.2) is 0 Å². The van der Waals surface area contributed by atoms with E-state index in [0.29, 0.717) is 0 Å². The molecular formula is C15H14N2O. The lowest BCUT2D eigenvalue weighted by Gasteiger charge is -2.09. The molecule has 0 fully saturated rings. The molecule has 90 valence electrons. The molecule has 3 heteroatoms. The number of benzene rings is 1. The highest BCUT2D eigenvalue weighted by Crippen LogP contribution is 2.26. The summed E-state index contributed by atoms with van der Waals surface area (Å²) in [5.74, 6) is 0. The summed E-state index contributed by atoms with van der Waals surface area (Å²) in [6.45, 7) is 0. The number of hydrogen-bond acceptors (Lipinski definition) is 3. The summed E-state index contributed by atoms with van der Waals surface area (Å²) in [7, 11) is 0. The average molecular weight is 238 g/mol. The summed E-state index contributed by atoms with van der Waals surface area (Å²) in [6.07, 6.45) is 6.12. The summed E-state index contributed by atoms with van der Waals surface area (Å²) < 4.78 is 5.52. The topological polar surface area (TPSA) is 52.0 Å². The van der Waals surface area contributed by atoms with Gasteiger partial charge in [-0.1, -0.05) is 18.2 Å². The Morgan fingerprint density at radius 2 is 1.89 bits per heavy atom. The number of nitrogens with zero attached hydrogens (tertiary/aromatic N) is 1. The lowest BCUT2D eigenvalue weighted by Crippen LogP contribution is -2.12. The zero-order valence-corrected chi connectivity index (χ0v) is 9.91. The first-order chi connectivity index (χ1) is 8.84. The highest BCUT2D eigenvalue weighted by Gasteiger charge is 2.13. The molecule has 0 amide bonds. The smallest absolute Gasteiger partial charge is 0.134 e. The quantitative estimate of drug-likeness (QED) is 0.763. The summed E-state index contributed by atoms with van der Waals surface area (Å²) in [5.41, 5.74) is 9.38. The average Bonchev–Trinajstić information content (AvgIpc) is 2.84. The minimum atomic E-state index is -0.0592. The fourth-order valence-corrected chi connectivity index (χ4v) is 2.17. The number of aromatic nitrogens is 1. The van der Waals surface area contributed by atoms with Gasteiger partial charge in [-0.3, -0.25) is 4.98 Å². The van der Waals surface area contributed by atoms with E-state index >= 15 is 0 Å². The van der Waals surface area contributed by atoms with Gasteiger partial charge < -0.3 is 10.2 Å². The molecule has 0 saturated heterocycles. The summed E-state index contributed by atoms with van der Waals surface area (Å²) in [4.78, 5) is 4.01. The zero-order valence-electron chi connectivity index (χ0n) is 9.91. The third kappa shape index (κ3) is 2.00. The number of hydrogen-bond donors (Lipinski definition) is 1. The molecule has 3 aromatic rings. The highest BCUT2D eigenvalue weighted by molar-refractivity contribution is 5.81. The maximum absolute atomic E-state index is 6.26. The first-order valence-corrected chi connectivity index (χ1v) is 5.95. The van der Waals surface area contributed by atoms with Crippen LogP contribution in [0.4, 0.5) is 0 Å². The Bertz CT molecular complexity index is 646. The number of furan rings is 1. The van der Waals surface area contributed by atoms with Crippen molar-refractivity contribution in [1.29, 1.82) is 0 Å². The molecule has 1 unspecified atom stereocenters. The van der Waals surface area contributed by atoms with Crippen LogP contribution in [0.1, 0.15) is 17.2 Å². The van der Waals surface area contributed by atoms with Crippen LogP contribution < -0.4 is 5.73 Å². The first kappa shape index (κ1) is 11.0. The standard InChI is InChI=1S/C15H14N2O/c16-14(9-11-5-7-17-8-6-11)13-10-18-15-4-2-1-3-12(13)15/h1-8,10,14H,9,16H2. The molecule has 2 aromatic heterocycles. The predicted octanol–water partition coefficient (Wildman–Crippen LogP) is 3.07. The summed E-state index contributed by atoms with van der Waals surface area (Å²) in [5, 5.41) is 1.10. The Hall–Kier alpha value is -2.13. The lowest BCUT2D eigenvalue weighted by atomic mass is 10.00. The molecule has 2 heterocycles. The normalized spacial score (nSPS) is 12.7.